The van der Waals surface area contributed by atoms with Gasteiger partial charge in [0.2, 0.25) is 5.91 Å². The minimum absolute atomic E-state index is 0.0314. The molecular formula is C19H18FN3O2. The van der Waals surface area contributed by atoms with Gasteiger partial charge in [0.05, 0.1) is 17.5 Å². The van der Waals surface area contributed by atoms with Crippen LogP contribution in [-0.2, 0) is 16.0 Å². The number of hydrogen-bond acceptors (Lipinski definition) is 3. The SMILES string of the molecule is O=C(Cc1ccc(F)cc1)Nc1ccc2nc([C@H]3CCCO3)[nH]c2c1. The Bertz CT molecular complexity index is 899. The zero-order valence-corrected chi connectivity index (χ0v) is 13.6. The molecule has 1 fully saturated rings. The number of amides is 1. The summed E-state index contributed by atoms with van der Waals surface area (Å²) in [6, 6.07) is 11.5. The van der Waals surface area contributed by atoms with Gasteiger partial charge in [0.1, 0.15) is 17.7 Å². The van der Waals surface area contributed by atoms with Crippen molar-refractivity contribution in [2.75, 3.05) is 11.9 Å². The van der Waals surface area contributed by atoms with Crippen LogP contribution in [0.5, 0.6) is 0 Å². The lowest BCUT2D eigenvalue weighted by molar-refractivity contribution is -0.115. The van der Waals surface area contributed by atoms with Crippen molar-refractivity contribution in [1.29, 1.82) is 0 Å². The van der Waals surface area contributed by atoms with Crippen LogP contribution in [0.25, 0.3) is 11.0 Å². The number of aromatic amines is 1. The Labute approximate surface area is 144 Å². The molecule has 0 saturated carbocycles. The normalized spacial score (nSPS) is 17.1. The van der Waals surface area contributed by atoms with E-state index in [9.17, 15) is 9.18 Å². The van der Waals surface area contributed by atoms with Crippen molar-refractivity contribution in [1.82, 2.24) is 9.97 Å². The smallest absolute Gasteiger partial charge is 0.228 e. The molecule has 1 amide bonds. The van der Waals surface area contributed by atoms with Crippen LogP contribution >= 0.6 is 0 Å². The van der Waals surface area contributed by atoms with Crippen molar-refractivity contribution < 1.29 is 13.9 Å². The summed E-state index contributed by atoms with van der Waals surface area (Å²) in [4.78, 5) is 20.0. The molecule has 0 spiro atoms. The number of rotatable bonds is 4. The Hall–Kier alpha value is -2.73. The van der Waals surface area contributed by atoms with Gasteiger partial charge in [0, 0.05) is 12.3 Å². The van der Waals surface area contributed by atoms with Gasteiger partial charge < -0.3 is 15.0 Å². The van der Waals surface area contributed by atoms with Crippen LogP contribution in [0.3, 0.4) is 0 Å². The Kier molecular flexibility index (Phi) is 4.19. The number of halogens is 1. The Balaban J connectivity index is 1.47. The quantitative estimate of drug-likeness (QED) is 0.761. The molecule has 4 rings (SSSR count). The first-order chi connectivity index (χ1) is 12.2. The number of hydrogen-bond donors (Lipinski definition) is 2. The molecule has 1 aliphatic heterocycles. The number of benzene rings is 2. The lowest BCUT2D eigenvalue weighted by Crippen LogP contribution is -2.14. The highest BCUT2D eigenvalue weighted by molar-refractivity contribution is 5.94. The highest BCUT2D eigenvalue weighted by atomic mass is 19.1. The highest BCUT2D eigenvalue weighted by Crippen LogP contribution is 2.28. The molecule has 2 aromatic carbocycles. The molecule has 1 aliphatic rings. The summed E-state index contributed by atoms with van der Waals surface area (Å²) in [5, 5.41) is 2.86. The molecule has 0 aliphatic carbocycles. The number of fused-ring (bicyclic) bond motifs is 1. The van der Waals surface area contributed by atoms with Crippen molar-refractivity contribution >= 4 is 22.6 Å². The van der Waals surface area contributed by atoms with E-state index in [0.29, 0.717) is 5.69 Å². The lowest BCUT2D eigenvalue weighted by Gasteiger charge is -2.05. The van der Waals surface area contributed by atoms with Gasteiger partial charge in [0.25, 0.3) is 0 Å². The van der Waals surface area contributed by atoms with Crippen LogP contribution in [0.15, 0.2) is 42.5 Å². The fourth-order valence-corrected chi connectivity index (χ4v) is 3.05. The summed E-state index contributed by atoms with van der Waals surface area (Å²) in [5.74, 6) is 0.378. The van der Waals surface area contributed by atoms with Crippen molar-refractivity contribution in [2.45, 2.75) is 25.4 Å². The second kappa shape index (κ2) is 6.64. The van der Waals surface area contributed by atoms with Crippen LogP contribution in [0.1, 0.15) is 30.3 Å². The summed E-state index contributed by atoms with van der Waals surface area (Å²) >= 11 is 0. The third-order valence-corrected chi connectivity index (χ3v) is 4.30. The van der Waals surface area contributed by atoms with Crippen LogP contribution in [-0.4, -0.2) is 22.5 Å². The van der Waals surface area contributed by atoms with Crippen LogP contribution in [0, 0.1) is 5.82 Å². The van der Waals surface area contributed by atoms with Gasteiger partial charge in [-0.1, -0.05) is 12.1 Å². The van der Waals surface area contributed by atoms with Gasteiger partial charge in [0.15, 0.2) is 0 Å². The first kappa shape index (κ1) is 15.8. The summed E-state index contributed by atoms with van der Waals surface area (Å²) in [5.41, 5.74) is 3.18. The molecule has 1 aromatic heterocycles. The van der Waals surface area contributed by atoms with Crippen LogP contribution in [0.4, 0.5) is 10.1 Å². The molecule has 0 unspecified atom stereocenters. The average molecular weight is 339 g/mol. The monoisotopic (exact) mass is 339 g/mol. The number of carbonyl (C=O) groups is 1. The van der Waals surface area contributed by atoms with E-state index in [1.807, 2.05) is 18.2 Å². The fourth-order valence-electron chi connectivity index (χ4n) is 3.05. The topological polar surface area (TPSA) is 67.0 Å². The number of anilines is 1. The van der Waals surface area contributed by atoms with E-state index in [1.54, 1.807) is 12.1 Å². The molecule has 1 atom stereocenters. The van der Waals surface area contributed by atoms with Gasteiger partial charge in [-0.15, -0.1) is 0 Å². The first-order valence-electron chi connectivity index (χ1n) is 8.33. The van der Waals surface area contributed by atoms with Crippen molar-refractivity contribution in [3.05, 3.63) is 59.7 Å². The maximum absolute atomic E-state index is 12.9. The molecule has 25 heavy (non-hydrogen) atoms. The zero-order valence-electron chi connectivity index (χ0n) is 13.6. The Morgan fingerprint density at radius 3 is 2.88 bits per heavy atom. The minimum Gasteiger partial charge on any atom is -0.370 e. The maximum Gasteiger partial charge on any atom is 0.228 e. The number of imidazole rings is 1. The third kappa shape index (κ3) is 3.53. The second-order valence-electron chi connectivity index (χ2n) is 6.21. The van der Waals surface area contributed by atoms with Gasteiger partial charge in [-0.25, -0.2) is 9.37 Å². The molecule has 2 N–H and O–H groups in total. The second-order valence-corrected chi connectivity index (χ2v) is 6.21. The van der Waals surface area contributed by atoms with Crippen molar-refractivity contribution in [3.63, 3.8) is 0 Å². The Morgan fingerprint density at radius 1 is 1.28 bits per heavy atom. The van der Waals surface area contributed by atoms with E-state index < -0.39 is 0 Å². The Morgan fingerprint density at radius 2 is 2.12 bits per heavy atom. The number of carbonyl (C=O) groups excluding carboxylic acids is 1. The summed E-state index contributed by atoms with van der Waals surface area (Å²) < 4.78 is 18.6. The van der Waals surface area contributed by atoms with Crippen molar-refractivity contribution in [3.8, 4) is 0 Å². The molecule has 5 nitrogen and oxygen atoms in total. The van der Waals surface area contributed by atoms with Crippen LogP contribution in [0.2, 0.25) is 0 Å². The number of ether oxygens (including phenoxy) is 1. The van der Waals surface area contributed by atoms with Gasteiger partial charge >= 0.3 is 0 Å². The molecule has 0 radical (unpaired) electrons. The standard InChI is InChI=1S/C19H18FN3O2/c20-13-5-3-12(4-6-13)10-18(24)21-14-7-8-15-16(11-14)23-19(22-15)17-2-1-9-25-17/h3-8,11,17H,1-2,9-10H2,(H,21,24)(H,22,23)/t17-/m1/s1. The molecular weight excluding hydrogens is 321 g/mol. The number of nitrogens with one attached hydrogen (secondary N) is 2. The van der Waals surface area contributed by atoms with Crippen LogP contribution < -0.4 is 5.32 Å². The molecule has 128 valence electrons. The predicted molar refractivity (Wildman–Crippen MR) is 92.8 cm³/mol. The predicted octanol–water partition coefficient (Wildman–Crippen LogP) is 3.73. The molecule has 3 aromatic rings. The number of aromatic nitrogens is 2. The summed E-state index contributed by atoms with van der Waals surface area (Å²) in [6.45, 7) is 0.770. The van der Waals surface area contributed by atoms with Crippen molar-refractivity contribution in [2.24, 2.45) is 0 Å². The van der Waals surface area contributed by atoms with Gasteiger partial charge in [-0.2, -0.15) is 0 Å². The summed E-state index contributed by atoms with van der Waals surface area (Å²) in [7, 11) is 0. The van der Waals surface area contributed by atoms with E-state index in [2.05, 4.69) is 15.3 Å². The number of nitrogens with zero attached hydrogens (tertiary/aromatic N) is 1. The average Bonchev–Trinajstić information content (AvgIpc) is 3.25. The van der Waals surface area contributed by atoms with E-state index in [0.717, 1.165) is 41.9 Å². The van der Waals surface area contributed by atoms with Gasteiger partial charge in [-0.3, -0.25) is 4.79 Å². The lowest BCUT2D eigenvalue weighted by atomic mass is 10.1. The fraction of sp³-hybridized carbons (Fsp3) is 0.263. The molecule has 1 saturated heterocycles. The first-order valence-corrected chi connectivity index (χ1v) is 8.33. The largest absolute Gasteiger partial charge is 0.370 e. The molecule has 2 heterocycles. The van der Waals surface area contributed by atoms with E-state index in [1.165, 1.54) is 12.1 Å². The van der Waals surface area contributed by atoms with Gasteiger partial charge in [-0.05, 0) is 48.7 Å². The van der Waals surface area contributed by atoms with E-state index in [-0.39, 0.29) is 24.2 Å². The number of H-pyrrole nitrogens is 1. The van der Waals surface area contributed by atoms with E-state index >= 15 is 0 Å². The molecule has 0 bridgehead atoms. The summed E-state index contributed by atoms with van der Waals surface area (Å²) in [6.07, 6.45) is 2.25. The highest BCUT2D eigenvalue weighted by Gasteiger charge is 2.21. The minimum atomic E-state index is -0.309. The maximum atomic E-state index is 12.9. The van der Waals surface area contributed by atoms with E-state index in [4.69, 9.17) is 4.74 Å². The third-order valence-electron chi connectivity index (χ3n) is 4.30. The zero-order chi connectivity index (χ0) is 17.2. The molecule has 6 heteroatoms.